The summed E-state index contributed by atoms with van der Waals surface area (Å²) < 4.78 is 15.6. The van der Waals surface area contributed by atoms with Gasteiger partial charge >= 0.3 is 0 Å². The maximum absolute atomic E-state index is 14.0. The summed E-state index contributed by atoms with van der Waals surface area (Å²) in [4.78, 5) is 8.61. The lowest BCUT2D eigenvalue weighted by Gasteiger charge is -2.27. The van der Waals surface area contributed by atoms with Gasteiger partial charge in [-0.25, -0.2) is 18.9 Å². The van der Waals surface area contributed by atoms with E-state index in [0.29, 0.717) is 40.4 Å². The Bertz CT molecular complexity index is 898. The maximum Gasteiger partial charge on any atom is 0.241 e. The molecule has 9 heteroatoms. The molecule has 0 saturated carbocycles. The van der Waals surface area contributed by atoms with Gasteiger partial charge in [-0.3, -0.25) is 0 Å². The van der Waals surface area contributed by atoms with Crippen LogP contribution in [-0.4, -0.2) is 44.9 Å². The molecule has 0 amide bonds. The van der Waals surface area contributed by atoms with Gasteiger partial charge in [0.15, 0.2) is 11.0 Å². The van der Waals surface area contributed by atoms with Crippen molar-refractivity contribution < 1.29 is 4.39 Å². The number of benzene rings is 1. The second kappa shape index (κ2) is 6.74. The fourth-order valence-electron chi connectivity index (χ4n) is 2.85. The summed E-state index contributed by atoms with van der Waals surface area (Å²) in [6, 6.07) is 6.90. The van der Waals surface area contributed by atoms with Crippen molar-refractivity contribution >= 4 is 34.7 Å². The lowest BCUT2D eigenvalue weighted by Crippen LogP contribution is -2.45. The van der Waals surface area contributed by atoms with Crippen LogP contribution in [0.4, 0.5) is 10.3 Å². The molecular weight excluding hydrogens is 366 g/mol. The number of imidazole rings is 1. The summed E-state index contributed by atoms with van der Waals surface area (Å²) in [7, 11) is 0. The number of nitrogens with zero attached hydrogens (tertiary/aromatic N) is 4. The zero-order chi connectivity index (χ0) is 17.4. The fourth-order valence-corrected chi connectivity index (χ4v) is 3.19. The molecule has 0 unspecified atom stereocenters. The Morgan fingerprint density at radius 3 is 2.80 bits per heavy atom. The third-order valence-corrected chi connectivity index (χ3v) is 4.70. The summed E-state index contributed by atoms with van der Waals surface area (Å²) in [6.45, 7) is 1.08. The van der Waals surface area contributed by atoms with Gasteiger partial charge in [-0.15, -0.1) is 5.10 Å². The van der Waals surface area contributed by atoms with Gasteiger partial charge in [-0.2, -0.15) is 0 Å². The lowest BCUT2D eigenvalue weighted by molar-refractivity contribution is 0.244. The number of hydrogen-bond acceptors (Lipinski definition) is 5. The van der Waals surface area contributed by atoms with Gasteiger partial charge in [0.25, 0.3) is 0 Å². The summed E-state index contributed by atoms with van der Waals surface area (Å²) in [5.74, 6) is 0.913. The number of nitrogens with one attached hydrogen (secondary N) is 2. The minimum Gasteiger partial charge on any atom is -0.347 e. The van der Waals surface area contributed by atoms with Crippen molar-refractivity contribution in [2.45, 2.75) is 18.6 Å². The highest BCUT2D eigenvalue weighted by Gasteiger charge is 2.25. The van der Waals surface area contributed by atoms with Crippen molar-refractivity contribution in [3.05, 3.63) is 40.6 Å². The van der Waals surface area contributed by atoms with E-state index in [2.05, 4.69) is 25.7 Å². The highest BCUT2D eigenvalue weighted by atomic mass is 35.5. The van der Waals surface area contributed by atoms with Crippen LogP contribution >= 0.6 is 23.2 Å². The Morgan fingerprint density at radius 2 is 2.04 bits per heavy atom. The van der Waals surface area contributed by atoms with Crippen molar-refractivity contribution in [1.29, 1.82) is 0 Å². The molecule has 0 radical (unpaired) electrons. The first-order chi connectivity index (χ1) is 12.1. The standard InChI is InChI=1S/C16H15Cl2FN6/c17-10-3-1-9(2-4-10)15-23-14(18)13-8-21-16(24-25(13)15)22-12-5-6-20-7-11(12)19/h1-4,8,11-12,20H,5-7H2,(H,22,24)/t11-,12-/m1/s1. The highest BCUT2D eigenvalue weighted by molar-refractivity contribution is 6.33. The zero-order valence-electron chi connectivity index (χ0n) is 13.1. The second-order valence-electron chi connectivity index (χ2n) is 5.87. The molecule has 3 heterocycles. The third-order valence-electron chi connectivity index (χ3n) is 4.17. The van der Waals surface area contributed by atoms with E-state index in [-0.39, 0.29) is 6.04 Å². The van der Waals surface area contributed by atoms with Crippen molar-refractivity contribution in [1.82, 2.24) is 24.9 Å². The van der Waals surface area contributed by atoms with Crippen LogP contribution in [0.15, 0.2) is 30.5 Å². The molecular formula is C16H15Cl2FN6. The lowest BCUT2D eigenvalue weighted by atomic mass is 10.1. The van der Waals surface area contributed by atoms with E-state index in [1.807, 2.05) is 12.1 Å². The molecule has 2 N–H and O–H groups in total. The first kappa shape index (κ1) is 16.5. The van der Waals surface area contributed by atoms with E-state index in [1.165, 1.54) is 0 Å². The van der Waals surface area contributed by atoms with E-state index in [9.17, 15) is 4.39 Å². The molecule has 130 valence electrons. The van der Waals surface area contributed by atoms with Crippen molar-refractivity contribution in [3.8, 4) is 11.4 Å². The van der Waals surface area contributed by atoms with Crippen molar-refractivity contribution in [3.63, 3.8) is 0 Å². The summed E-state index contributed by atoms with van der Waals surface area (Å²) in [5.41, 5.74) is 1.40. The van der Waals surface area contributed by atoms with Gasteiger partial charge in [-0.05, 0) is 37.2 Å². The molecule has 1 aliphatic heterocycles. The summed E-state index contributed by atoms with van der Waals surface area (Å²) in [6.07, 6.45) is 1.26. The van der Waals surface area contributed by atoms with Crippen LogP contribution in [0, 0.1) is 0 Å². The molecule has 1 saturated heterocycles. The Kier molecular flexibility index (Phi) is 4.45. The molecule has 1 fully saturated rings. The highest BCUT2D eigenvalue weighted by Crippen LogP contribution is 2.26. The number of piperidine rings is 1. The zero-order valence-corrected chi connectivity index (χ0v) is 14.6. The Morgan fingerprint density at radius 1 is 1.24 bits per heavy atom. The van der Waals surface area contributed by atoms with Crippen LogP contribution in [0.25, 0.3) is 16.9 Å². The topological polar surface area (TPSA) is 67.1 Å². The number of halogens is 3. The van der Waals surface area contributed by atoms with Crippen LogP contribution < -0.4 is 10.6 Å². The van der Waals surface area contributed by atoms with Gasteiger partial charge in [-0.1, -0.05) is 23.2 Å². The van der Waals surface area contributed by atoms with Gasteiger partial charge in [0.2, 0.25) is 5.95 Å². The van der Waals surface area contributed by atoms with Crippen LogP contribution in [0.2, 0.25) is 10.2 Å². The minimum atomic E-state index is -0.991. The predicted molar refractivity (Wildman–Crippen MR) is 96.0 cm³/mol. The average molecular weight is 381 g/mol. The van der Waals surface area contributed by atoms with E-state index >= 15 is 0 Å². The normalized spacial score (nSPS) is 20.8. The first-order valence-corrected chi connectivity index (χ1v) is 8.66. The van der Waals surface area contributed by atoms with E-state index in [1.54, 1.807) is 22.8 Å². The number of hydrogen-bond donors (Lipinski definition) is 2. The van der Waals surface area contributed by atoms with E-state index in [0.717, 1.165) is 12.1 Å². The molecule has 2 atom stereocenters. The Hall–Kier alpha value is -1.96. The Balaban J connectivity index is 1.71. The quantitative estimate of drug-likeness (QED) is 0.730. The molecule has 0 bridgehead atoms. The largest absolute Gasteiger partial charge is 0.347 e. The molecule has 2 aromatic heterocycles. The molecule has 1 aliphatic rings. The van der Waals surface area contributed by atoms with E-state index in [4.69, 9.17) is 23.2 Å². The monoisotopic (exact) mass is 380 g/mol. The van der Waals surface area contributed by atoms with Crippen LogP contribution in [0.5, 0.6) is 0 Å². The van der Waals surface area contributed by atoms with Crippen molar-refractivity contribution in [2.75, 3.05) is 18.4 Å². The number of anilines is 1. The average Bonchev–Trinajstić information content (AvgIpc) is 2.94. The van der Waals surface area contributed by atoms with Gasteiger partial charge in [0.05, 0.1) is 12.2 Å². The fraction of sp³-hybridized carbons (Fsp3) is 0.312. The van der Waals surface area contributed by atoms with Crippen LogP contribution in [0.3, 0.4) is 0 Å². The van der Waals surface area contributed by atoms with Gasteiger partial charge in [0.1, 0.15) is 11.7 Å². The SMILES string of the molecule is F[C@@H]1CNCC[C@H]1Nc1ncc2c(Cl)nc(-c3ccc(Cl)cc3)n2n1. The molecule has 0 spiro atoms. The second-order valence-corrected chi connectivity index (χ2v) is 6.67. The molecule has 4 rings (SSSR count). The molecule has 0 aliphatic carbocycles. The maximum atomic E-state index is 14.0. The van der Waals surface area contributed by atoms with Crippen LogP contribution in [-0.2, 0) is 0 Å². The number of rotatable bonds is 3. The van der Waals surface area contributed by atoms with E-state index < -0.39 is 6.17 Å². The first-order valence-electron chi connectivity index (χ1n) is 7.90. The van der Waals surface area contributed by atoms with Gasteiger partial charge < -0.3 is 10.6 Å². The smallest absolute Gasteiger partial charge is 0.241 e. The Labute approximate surface area is 153 Å². The molecule has 3 aromatic rings. The number of alkyl halides is 1. The summed E-state index contributed by atoms with van der Waals surface area (Å²) in [5, 5.41) is 11.5. The summed E-state index contributed by atoms with van der Waals surface area (Å²) >= 11 is 12.1. The minimum absolute atomic E-state index is 0.307. The van der Waals surface area contributed by atoms with Crippen LogP contribution in [0.1, 0.15) is 6.42 Å². The molecule has 6 nitrogen and oxygen atoms in total. The number of fused-ring (bicyclic) bond motifs is 1. The van der Waals surface area contributed by atoms with Crippen molar-refractivity contribution in [2.24, 2.45) is 0 Å². The third kappa shape index (κ3) is 3.27. The van der Waals surface area contributed by atoms with Gasteiger partial charge in [0, 0.05) is 17.1 Å². The number of aromatic nitrogens is 4. The molecule has 25 heavy (non-hydrogen) atoms. The predicted octanol–water partition coefficient (Wildman–Crippen LogP) is 3.21. The molecule has 1 aromatic carbocycles.